The van der Waals surface area contributed by atoms with Gasteiger partial charge in [-0.15, -0.1) is 0 Å². The predicted octanol–water partition coefficient (Wildman–Crippen LogP) is 3.68. The molecule has 0 atom stereocenters. The first-order valence-electron chi connectivity index (χ1n) is 9.44. The molecule has 0 spiro atoms. The summed E-state index contributed by atoms with van der Waals surface area (Å²) in [5.41, 5.74) is 2.18. The highest BCUT2D eigenvalue weighted by atomic mass is 32.1. The maximum atomic E-state index is 10.9. The highest BCUT2D eigenvalue weighted by Gasteiger charge is 2.16. The van der Waals surface area contributed by atoms with E-state index in [4.69, 9.17) is 9.84 Å². The Bertz CT molecular complexity index is 908. The SMILES string of the molecule is O=C(O)CN1CCCN(Cc2ccc(Oc3nc4ccccc4s3)cc2)CC1. The summed E-state index contributed by atoms with van der Waals surface area (Å²) in [5.74, 6) is 0.0310. The van der Waals surface area contributed by atoms with Gasteiger partial charge in [-0.25, -0.2) is 4.98 Å². The van der Waals surface area contributed by atoms with Crippen molar-refractivity contribution in [2.75, 3.05) is 32.7 Å². The van der Waals surface area contributed by atoms with E-state index in [2.05, 4.69) is 22.0 Å². The Morgan fingerprint density at radius 2 is 1.79 bits per heavy atom. The van der Waals surface area contributed by atoms with Gasteiger partial charge < -0.3 is 9.84 Å². The Hall–Kier alpha value is -2.48. The van der Waals surface area contributed by atoms with Gasteiger partial charge in [0, 0.05) is 26.2 Å². The van der Waals surface area contributed by atoms with Crippen molar-refractivity contribution >= 4 is 27.5 Å². The average Bonchev–Trinajstić information content (AvgIpc) is 2.96. The molecule has 0 amide bonds. The molecule has 1 saturated heterocycles. The number of thiazole rings is 1. The van der Waals surface area contributed by atoms with E-state index in [1.165, 1.54) is 5.56 Å². The first-order valence-corrected chi connectivity index (χ1v) is 10.3. The summed E-state index contributed by atoms with van der Waals surface area (Å²) in [6.07, 6.45) is 0.992. The van der Waals surface area contributed by atoms with E-state index >= 15 is 0 Å². The lowest BCUT2D eigenvalue weighted by molar-refractivity contribution is -0.138. The number of nitrogens with zero attached hydrogens (tertiary/aromatic N) is 3. The maximum absolute atomic E-state index is 10.9. The summed E-state index contributed by atoms with van der Waals surface area (Å²) < 4.78 is 7.03. The molecule has 1 fully saturated rings. The summed E-state index contributed by atoms with van der Waals surface area (Å²) in [4.78, 5) is 19.8. The summed E-state index contributed by atoms with van der Waals surface area (Å²) in [6.45, 7) is 4.51. The summed E-state index contributed by atoms with van der Waals surface area (Å²) >= 11 is 1.54. The van der Waals surface area contributed by atoms with Gasteiger partial charge in [-0.3, -0.25) is 14.6 Å². The molecule has 6 nitrogen and oxygen atoms in total. The van der Waals surface area contributed by atoms with Crippen molar-refractivity contribution in [1.29, 1.82) is 0 Å². The van der Waals surface area contributed by atoms with Crippen molar-refractivity contribution < 1.29 is 14.6 Å². The topological polar surface area (TPSA) is 65.9 Å². The van der Waals surface area contributed by atoms with Gasteiger partial charge >= 0.3 is 5.97 Å². The minimum atomic E-state index is -0.753. The normalized spacial score (nSPS) is 16.1. The number of aliphatic carboxylic acids is 1. The molecular formula is C21H23N3O3S. The Morgan fingerprint density at radius 1 is 1.04 bits per heavy atom. The molecule has 1 aliphatic heterocycles. The number of aromatic nitrogens is 1. The third-order valence-corrected chi connectivity index (χ3v) is 5.76. The number of para-hydroxylation sites is 1. The number of hydrogen-bond acceptors (Lipinski definition) is 6. The lowest BCUT2D eigenvalue weighted by atomic mass is 10.2. The summed E-state index contributed by atoms with van der Waals surface area (Å²) in [7, 11) is 0. The minimum absolute atomic E-state index is 0.131. The van der Waals surface area contributed by atoms with Gasteiger partial charge in [-0.1, -0.05) is 35.6 Å². The molecule has 3 aromatic rings. The molecule has 7 heteroatoms. The molecule has 1 aromatic heterocycles. The minimum Gasteiger partial charge on any atom is -0.480 e. The van der Waals surface area contributed by atoms with Crippen LogP contribution in [0, 0.1) is 0 Å². The van der Waals surface area contributed by atoms with Crippen molar-refractivity contribution in [3.05, 3.63) is 54.1 Å². The summed E-state index contributed by atoms with van der Waals surface area (Å²) in [6, 6.07) is 16.1. The smallest absolute Gasteiger partial charge is 0.317 e. The van der Waals surface area contributed by atoms with E-state index in [9.17, 15) is 4.79 Å². The van der Waals surface area contributed by atoms with Crippen LogP contribution in [0.3, 0.4) is 0 Å². The largest absolute Gasteiger partial charge is 0.480 e. The molecule has 0 saturated carbocycles. The van der Waals surface area contributed by atoms with Crippen LogP contribution in [0.4, 0.5) is 0 Å². The van der Waals surface area contributed by atoms with Gasteiger partial charge in [0.1, 0.15) is 5.75 Å². The van der Waals surface area contributed by atoms with Crippen LogP contribution in [0.2, 0.25) is 0 Å². The van der Waals surface area contributed by atoms with Crippen molar-refractivity contribution in [3.8, 4) is 10.9 Å². The van der Waals surface area contributed by atoms with Gasteiger partial charge in [-0.05, 0) is 42.8 Å². The number of ether oxygens (including phenoxy) is 1. The number of rotatable bonds is 6. The highest BCUT2D eigenvalue weighted by Crippen LogP contribution is 2.31. The van der Waals surface area contributed by atoms with Crippen molar-refractivity contribution in [2.45, 2.75) is 13.0 Å². The number of hydrogen-bond donors (Lipinski definition) is 1. The van der Waals surface area contributed by atoms with E-state index in [1.54, 1.807) is 11.3 Å². The number of carboxylic acids is 1. The molecule has 4 rings (SSSR count). The Kier molecular flexibility index (Phi) is 5.85. The first kappa shape index (κ1) is 18.9. The zero-order valence-electron chi connectivity index (χ0n) is 15.6. The van der Waals surface area contributed by atoms with Crippen molar-refractivity contribution in [3.63, 3.8) is 0 Å². The quantitative estimate of drug-likeness (QED) is 0.684. The fraction of sp³-hybridized carbons (Fsp3) is 0.333. The van der Waals surface area contributed by atoms with Gasteiger partial charge in [0.05, 0.1) is 16.8 Å². The molecule has 1 aliphatic rings. The molecule has 0 bridgehead atoms. The number of carboxylic acid groups (broad SMARTS) is 1. The standard InChI is InChI=1S/C21H23N3O3S/c25-20(26)15-24-11-3-10-23(12-13-24)14-16-6-8-17(9-7-16)27-21-22-18-4-1-2-5-19(18)28-21/h1-2,4-9H,3,10-15H2,(H,25,26). The zero-order valence-corrected chi connectivity index (χ0v) is 16.4. The van der Waals surface area contributed by atoms with Crippen LogP contribution in [-0.2, 0) is 11.3 Å². The van der Waals surface area contributed by atoms with Crippen molar-refractivity contribution in [2.24, 2.45) is 0 Å². The monoisotopic (exact) mass is 397 g/mol. The van der Waals surface area contributed by atoms with Crippen LogP contribution < -0.4 is 4.74 Å². The fourth-order valence-corrected chi connectivity index (χ4v) is 4.28. The van der Waals surface area contributed by atoms with Gasteiger partial charge in [0.2, 0.25) is 0 Å². The number of benzene rings is 2. The van der Waals surface area contributed by atoms with Crippen LogP contribution >= 0.6 is 11.3 Å². The van der Waals surface area contributed by atoms with E-state index in [0.717, 1.165) is 55.1 Å². The third-order valence-electron chi connectivity index (χ3n) is 4.85. The molecule has 28 heavy (non-hydrogen) atoms. The lowest BCUT2D eigenvalue weighted by Gasteiger charge is -2.21. The second-order valence-electron chi connectivity index (χ2n) is 6.99. The number of carbonyl (C=O) groups is 1. The van der Waals surface area contributed by atoms with Crippen LogP contribution in [0.25, 0.3) is 10.2 Å². The Morgan fingerprint density at radius 3 is 2.57 bits per heavy atom. The maximum Gasteiger partial charge on any atom is 0.317 e. The molecule has 0 aliphatic carbocycles. The lowest BCUT2D eigenvalue weighted by Crippen LogP contribution is -2.34. The van der Waals surface area contributed by atoms with Crippen molar-refractivity contribution in [1.82, 2.24) is 14.8 Å². The molecule has 1 N–H and O–H groups in total. The van der Waals surface area contributed by atoms with Gasteiger partial charge in [-0.2, -0.15) is 0 Å². The second-order valence-corrected chi connectivity index (χ2v) is 7.99. The average molecular weight is 398 g/mol. The zero-order chi connectivity index (χ0) is 19.3. The highest BCUT2D eigenvalue weighted by molar-refractivity contribution is 7.20. The summed E-state index contributed by atoms with van der Waals surface area (Å²) in [5, 5.41) is 9.61. The Labute approximate surface area is 168 Å². The molecule has 0 unspecified atom stereocenters. The van der Waals surface area contributed by atoms with E-state index in [1.807, 2.05) is 41.3 Å². The van der Waals surface area contributed by atoms with Crippen LogP contribution in [0.1, 0.15) is 12.0 Å². The van der Waals surface area contributed by atoms with E-state index in [-0.39, 0.29) is 6.54 Å². The fourth-order valence-electron chi connectivity index (χ4n) is 3.45. The van der Waals surface area contributed by atoms with E-state index in [0.29, 0.717) is 5.19 Å². The molecule has 146 valence electrons. The third kappa shape index (κ3) is 4.86. The van der Waals surface area contributed by atoms with Gasteiger partial charge in [0.15, 0.2) is 0 Å². The van der Waals surface area contributed by atoms with E-state index < -0.39 is 5.97 Å². The Balaban J connectivity index is 1.33. The predicted molar refractivity (Wildman–Crippen MR) is 110 cm³/mol. The molecule has 0 radical (unpaired) electrons. The molecule has 2 aromatic carbocycles. The van der Waals surface area contributed by atoms with Crippen LogP contribution in [0.15, 0.2) is 48.5 Å². The molecular weight excluding hydrogens is 374 g/mol. The number of fused-ring (bicyclic) bond motifs is 1. The van der Waals surface area contributed by atoms with Crippen LogP contribution in [0.5, 0.6) is 10.9 Å². The van der Waals surface area contributed by atoms with Gasteiger partial charge in [0.25, 0.3) is 5.19 Å². The van der Waals surface area contributed by atoms with Crippen LogP contribution in [-0.4, -0.2) is 58.6 Å². The molecule has 2 heterocycles. The second kappa shape index (κ2) is 8.68. The first-order chi connectivity index (χ1) is 13.7.